The summed E-state index contributed by atoms with van der Waals surface area (Å²) in [5, 5.41) is 0.553. The normalized spacial score (nSPS) is 9.93. The number of benzene rings is 1. The third-order valence-corrected chi connectivity index (χ3v) is 2.32. The molecular formula is C12H8ClNO. The molecule has 2 rings (SSSR count). The summed E-state index contributed by atoms with van der Waals surface area (Å²) in [5.41, 5.74) is 2.13. The highest BCUT2D eigenvalue weighted by Crippen LogP contribution is 2.23. The zero-order valence-corrected chi connectivity index (χ0v) is 8.61. The van der Waals surface area contributed by atoms with Gasteiger partial charge < -0.3 is 0 Å². The van der Waals surface area contributed by atoms with Crippen LogP contribution in [0.5, 0.6) is 0 Å². The molecule has 0 saturated heterocycles. The molecule has 3 heteroatoms. The monoisotopic (exact) mass is 217 g/mol. The molecule has 0 unspecified atom stereocenters. The van der Waals surface area contributed by atoms with Gasteiger partial charge in [-0.15, -0.1) is 0 Å². The second-order valence-electron chi connectivity index (χ2n) is 3.06. The van der Waals surface area contributed by atoms with Crippen LogP contribution >= 0.6 is 11.6 Å². The van der Waals surface area contributed by atoms with Crippen molar-refractivity contribution in [2.75, 3.05) is 0 Å². The number of aldehydes is 1. The smallest absolute Gasteiger partial charge is 0.150 e. The van der Waals surface area contributed by atoms with E-state index in [4.69, 9.17) is 11.6 Å². The molecule has 0 fully saturated rings. The van der Waals surface area contributed by atoms with E-state index in [1.807, 2.05) is 18.2 Å². The van der Waals surface area contributed by atoms with Gasteiger partial charge in [0.15, 0.2) is 6.29 Å². The standard InChI is InChI=1S/C12H8ClNO/c13-10-4-5-11(9(7-10)8-15)12-3-1-2-6-14-12/h1-8H. The summed E-state index contributed by atoms with van der Waals surface area (Å²) in [5.74, 6) is 0. The molecule has 1 heterocycles. The first-order chi connectivity index (χ1) is 7.31. The molecule has 0 radical (unpaired) electrons. The lowest BCUT2D eigenvalue weighted by Gasteiger charge is -2.03. The fraction of sp³-hybridized carbons (Fsp3) is 0. The Hall–Kier alpha value is -1.67. The molecular weight excluding hydrogens is 210 g/mol. The largest absolute Gasteiger partial charge is 0.298 e. The Morgan fingerprint density at radius 2 is 2.07 bits per heavy atom. The first-order valence-corrected chi connectivity index (χ1v) is 4.85. The summed E-state index contributed by atoms with van der Waals surface area (Å²) in [4.78, 5) is 15.1. The number of pyridine rings is 1. The molecule has 74 valence electrons. The SMILES string of the molecule is O=Cc1cc(Cl)ccc1-c1ccccn1. The first-order valence-electron chi connectivity index (χ1n) is 4.47. The van der Waals surface area contributed by atoms with Gasteiger partial charge in [0.25, 0.3) is 0 Å². The van der Waals surface area contributed by atoms with E-state index in [1.165, 1.54) is 0 Å². The van der Waals surface area contributed by atoms with Crippen molar-refractivity contribution in [1.82, 2.24) is 4.98 Å². The number of rotatable bonds is 2. The third-order valence-electron chi connectivity index (χ3n) is 2.08. The van der Waals surface area contributed by atoms with Gasteiger partial charge in [-0.2, -0.15) is 0 Å². The number of nitrogens with zero attached hydrogens (tertiary/aromatic N) is 1. The van der Waals surface area contributed by atoms with Gasteiger partial charge in [-0.25, -0.2) is 0 Å². The first kappa shape index (κ1) is 9.87. The number of aromatic nitrogens is 1. The molecule has 0 saturated carbocycles. The van der Waals surface area contributed by atoms with Crippen LogP contribution in [0.2, 0.25) is 5.02 Å². The summed E-state index contributed by atoms with van der Waals surface area (Å²) in [6.07, 6.45) is 2.48. The third kappa shape index (κ3) is 2.05. The lowest BCUT2D eigenvalue weighted by molar-refractivity contribution is 0.112. The number of carbonyl (C=O) groups is 1. The van der Waals surface area contributed by atoms with Gasteiger partial charge in [-0.05, 0) is 24.3 Å². The molecule has 0 N–H and O–H groups in total. The van der Waals surface area contributed by atoms with Crippen LogP contribution in [-0.4, -0.2) is 11.3 Å². The molecule has 0 aliphatic carbocycles. The molecule has 0 amide bonds. The van der Waals surface area contributed by atoms with Gasteiger partial charge in [0, 0.05) is 22.3 Å². The fourth-order valence-corrected chi connectivity index (χ4v) is 1.57. The van der Waals surface area contributed by atoms with Crippen molar-refractivity contribution in [1.29, 1.82) is 0 Å². The van der Waals surface area contributed by atoms with Gasteiger partial charge in [0.05, 0.1) is 5.69 Å². The van der Waals surface area contributed by atoms with Gasteiger partial charge in [-0.3, -0.25) is 9.78 Å². The summed E-state index contributed by atoms with van der Waals surface area (Å²) >= 11 is 5.80. The van der Waals surface area contributed by atoms with E-state index >= 15 is 0 Å². The second-order valence-corrected chi connectivity index (χ2v) is 3.50. The Morgan fingerprint density at radius 3 is 2.73 bits per heavy atom. The molecule has 0 atom stereocenters. The van der Waals surface area contributed by atoms with E-state index in [0.717, 1.165) is 17.5 Å². The quantitative estimate of drug-likeness (QED) is 0.723. The second kappa shape index (κ2) is 4.24. The van der Waals surface area contributed by atoms with E-state index in [1.54, 1.807) is 24.4 Å². The summed E-state index contributed by atoms with van der Waals surface area (Å²) in [6, 6.07) is 10.8. The Bertz CT molecular complexity index is 482. The van der Waals surface area contributed by atoms with Gasteiger partial charge in [-0.1, -0.05) is 23.7 Å². The van der Waals surface area contributed by atoms with E-state index in [9.17, 15) is 4.79 Å². The zero-order chi connectivity index (χ0) is 10.7. The summed E-state index contributed by atoms with van der Waals surface area (Å²) in [6.45, 7) is 0. The van der Waals surface area contributed by atoms with Crippen molar-refractivity contribution in [2.24, 2.45) is 0 Å². The molecule has 15 heavy (non-hydrogen) atoms. The maximum atomic E-state index is 10.9. The van der Waals surface area contributed by atoms with E-state index in [2.05, 4.69) is 4.98 Å². The van der Waals surface area contributed by atoms with Crippen molar-refractivity contribution < 1.29 is 4.79 Å². The summed E-state index contributed by atoms with van der Waals surface area (Å²) < 4.78 is 0. The highest BCUT2D eigenvalue weighted by Gasteiger charge is 2.05. The van der Waals surface area contributed by atoms with Crippen LogP contribution in [0, 0.1) is 0 Å². The van der Waals surface area contributed by atoms with Gasteiger partial charge in [0.2, 0.25) is 0 Å². The van der Waals surface area contributed by atoms with E-state index in [0.29, 0.717) is 10.6 Å². The lowest BCUT2D eigenvalue weighted by atomic mass is 10.1. The highest BCUT2D eigenvalue weighted by molar-refractivity contribution is 6.31. The average molecular weight is 218 g/mol. The van der Waals surface area contributed by atoms with E-state index in [-0.39, 0.29) is 0 Å². The Balaban J connectivity index is 2.58. The van der Waals surface area contributed by atoms with Crippen LogP contribution in [0.25, 0.3) is 11.3 Å². The van der Waals surface area contributed by atoms with Crippen LogP contribution in [0.4, 0.5) is 0 Å². The lowest BCUT2D eigenvalue weighted by Crippen LogP contribution is -1.89. The van der Waals surface area contributed by atoms with Crippen LogP contribution in [0.15, 0.2) is 42.6 Å². The molecule has 0 aliphatic rings. The van der Waals surface area contributed by atoms with Crippen molar-refractivity contribution in [3.63, 3.8) is 0 Å². The predicted octanol–water partition coefficient (Wildman–Crippen LogP) is 3.21. The Morgan fingerprint density at radius 1 is 1.20 bits per heavy atom. The highest BCUT2D eigenvalue weighted by atomic mass is 35.5. The number of hydrogen-bond donors (Lipinski definition) is 0. The van der Waals surface area contributed by atoms with Crippen molar-refractivity contribution in [3.05, 3.63) is 53.2 Å². The minimum absolute atomic E-state index is 0.553. The van der Waals surface area contributed by atoms with Crippen molar-refractivity contribution in [2.45, 2.75) is 0 Å². The topological polar surface area (TPSA) is 30.0 Å². The van der Waals surface area contributed by atoms with E-state index < -0.39 is 0 Å². The molecule has 2 aromatic rings. The van der Waals surface area contributed by atoms with Crippen molar-refractivity contribution >= 4 is 17.9 Å². The molecule has 2 nitrogen and oxygen atoms in total. The predicted molar refractivity (Wildman–Crippen MR) is 60.1 cm³/mol. The maximum Gasteiger partial charge on any atom is 0.150 e. The summed E-state index contributed by atoms with van der Waals surface area (Å²) in [7, 11) is 0. The number of carbonyl (C=O) groups excluding carboxylic acids is 1. The molecule has 1 aromatic carbocycles. The minimum atomic E-state index is 0.553. The van der Waals surface area contributed by atoms with Crippen LogP contribution in [0.3, 0.4) is 0 Å². The van der Waals surface area contributed by atoms with Crippen LogP contribution in [-0.2, 0) is 0 Å². The number of hydrogen-bond acceptors (Lipinski definition) is 2. The van der Waals surface area contributed by atoms with Gasteiger partial charge in [0.1, 0.15) is 0 Å². The van der Waals surface area contributed by atoms with Crippen LogP contribution in [0.1, 0.15) is 10.4 Å². The molecule has 1 aromatic heterocycles. The maximum absolute atomic E-state index is 10.9. The molecule has 0 spiro atoms. The van der Waals surface area contributed by atoms with Crippen molar-refractivity contribution in [3.8, 4) is 11.3 Å². The molecule has 0 bridgehead atoms. The Kier molecular flexibility index (Phi) is 2.79. The van der Waals surface area contributed by atoms with Gasteiger partial charge >= 0.3 is 0 Å². The zero-order valence-electron chi connectivity index (χ0n) is 7.85. The molecule has 0 aliphatic heterocycles. The number of halogens is 1. The Labute approximate surface area is 92.5 Å². The van der Waals surface area contributed by atoms with Crippen LogP contribution < -0.4 is 0 Å². The fourth-order valence-electron chi connectivity index (χ4n) is 1.39. The minimum Gasteiger partial charge on any atom is -0.298 e. The average Bonchev–Trinajstić information content (AvgIpc) is 2.30.